The Hall–Kier alpha value is -2.04. The van der Waals surface area contributed by atoms with Gasteiger partial charge in [0.05, 0.1) is 17.1 Å². The number of nitrogens with zero attached hydrogens (tertiary/aromatic N) is 2. The molecule has 1 heterocycles. The zero-order valence-electron chi connectivity index (χ0n) is 8.82. The second kappa shape index (κ2) is 5.30. The normalized spacial score (nSPS) is 11.7. The van der Waals surface area contributed by atoms with Crippen molar-refractivity contribution in [2.45, 2.75) is 19.4 Å². The van der Waals surface area contributed by atoms with Crippen molar-refractivity contribution in [3.8, 4) is 5.88 Å². The van der Waals surface area contributed by atoms with Crippen LogP contribution in [0.1, 0.15) is 17.7 Å². The molecule has 1 aromatic rings. The Morgan fingerprint density at radius 3 is 2.42 bits per heavy atom. The van der Waals surface area contributed by atoms with E-state index in [1.165, 1.54) is 0 Å². The molecule has 1 rings (SSSR count). The predicted octanol–water partition coefficient (Wildman–Crippen LogP) is 2.32. The largest absolute Gasteiger partial charge is 0.574 e. The minimum Gasteiger partial charge on any atom is -0.390 e. The quantitative estimate of drug-likeness (QED) is 0.522. The molecular formula is C8H5F5N2O4. The van der Waals surface area contributed by atoms with E-state index in [0.29, 0.717) is 0 Å². The Balaban J connectivity index is 3.40. The molecule has 0 aromatic carbocycles. The van der Waals surface area contributed by atoms with E-state index in [0.717, 1.165) is 0 Å². The topological polar surface area (TPSA) is 85.5 Å². The van der Waals surface area contributed by atoms with Gasteiger partial charge in [-0.3, -0.25) is 10.1 Å². The van der Waals surface area contributed by atoms with Crippen molar-refractivity contribution in [2.24, 2.45) is 0 Å². The first-order valence-electron chi connectivity index (χ1n) is 4.48. The molecule has 0 saturated carbocycles. The molecule has 0 bridgehead atoms. The number of hydrogen-bond acceptors (Lipinski definition) is 5. The summed E-state index contributed by atoms with van der Waals surface area (Å²) in [6.45, 7) is -1.10. The van der Waals surface area contributed by atoms with E-state index in [1.54, 1.807) is 0 Å². The zero-order chi connectivity index (χ0) is 14.8. The van der Waals surface area contributed by atoms with Crippen LogP contribution in [0, 0.1) is 10.1 Å². The van der Waals surface area contributed by atoms with Gasteiger partial charge in [-0.05, 0) is 0 Å². The minimum atomic E-state index is -5.29. The highest BCUT2D eigenvalue weighted by Gasteiger charge is 2.35. The number of rotatable bonds is 4. The van der Waals surface area contributed by atoms with Crippen LogP contribution in [-0.4, -0.2) is 21.4 Å². The third-order valence-corrected chi connectivity index (χ3v) is 1.87. The first-order chi connectivity index (χ1) is 8.65. The van der Waals surface area contributed by atoms with Crippen molar-refractivity contribution in [1.82, 2.24) is 4.98 Å². The van der Waals surface area contributed by atoms with Crippen LogP contribution in [0.3, 0.4) is 0 Å². The number of nitro groups is 1. The number of aliphatic hydroxyl groups is 1. The van der Waals surface area contributed by atoms with Crippen LogP contribution in [0.4, 0.5) is 27.6 Å². The summed E-state index contributed by atoms with van der Waals surface area (Å²) in [6, 6.07) is 0.185. The fourth-order valence-corrected chi connectivity index (χ4v) is 1.16. The molecule has 0 unspecified atom stereocenters. The van der Waals surface area contributed by atoms with E-state index in [9.17, 15) is 32.1 Å². The van der Waals surface area contributed by atoms with Crippen molar-refractivity contribution in [3.63, 3.8) is 0 Å². The summed E-state index contributed by atoms with van der Waals surface area (Å²) in [5.41, 5.74) is -3.22. The maximum atomic E-state index is 12.5. The number of pyridine rings is 1. The van der Waals surface area contributed by atoms with Gasteiger partial charge in [-0.15, -0.1) is 13.2 Å². The van der Waals surface area contributed by atoms with Gasteiger partial charge in [-0.2, -0.15) is 0 Å². The van der Waals surface area contributed by atoms with E-state index in [4.69, 9.17) is 5.11 Å². The number of aromatic nitrogens is 1. The number of aliphatic hydroxyl groups excluding tert-OH is 1. The fraction of sp³-hybridized carbons (Fsp3) is 0.375. The maximum Gasteiger partial charge on any atom is 0.574 e. The molecule has 0 aliphatic carbocycles. The summed E-state index contributed by atoms with van der Waals surface area (Å²) < 4.78 is 64.2. The SMILES string of the molecule is O=[N+]([O-])c1cc(C(F)F)c(OC(F)(F)F)nc1CO. The molecule has 1 aromatic heterocycles. The molecule has 0 aliphatic heterocycles. The first-order valence-corrected chi connectivity index (χ1v) is 4.48. The Morgan fingerprint density at radius 1 is 1.47 bits per heavy atom. The average Bonchev–Trinajstić information content (AvgIpc) is 2.25. The molecule has 6 nitrogen and oxygen atoms in total. The highest BCUT2D eigenvalue weighted by Crippen LogP contribution is 2.35. The van der Waals surface area contributed by atoms with Gasteiger partial charge < -0.3 is 9.84 Å². The molecule has 0 saturated heterocycles. The van der Waals surface area contributed by atoms with Gasteiger partial charge in [0.25, 0.3) is 12.1 Å². The van der Waals surface area contributed by atoms with Gasteiger partial charge in [-0.25, -0.2) is 13.8 Å². The molecule has 106 valence electrons. The number of halogens is 5. The van der Waals surface area contributed by atoms with Crippen LogP contribution in [0.2, 0.25) is 0 Å². The molecule has 1 N–H and O–H groups in total. The Kier molecular flexibility index (Phi) is 4.19. The highest BCUT2D eigenvalue weighted by atomic mass is 19.4. The van der Waals surface area contributed by atoms with E-state index in [1.807, 2.05) is 0 Å². The summed E-state index contributed by atoms with van der Waals surface area (Å²) in [5.74, 6) is -1.53. The summed E-state index contributed by atoms with van der Waals surface area (Å²) in [7, 11) is 0. The average molecular weight is 288 g/mol. The standard InChI is InChI=1S/C8H5F5N2O4/c9-6(10)3-1-5(15(17)18)4(2-16)14-7(3)19-8(11,12)13/h1,6,16H,2H2. The van der Waals surface area contributed by atoms with Crippen molar-refractivity contribution in [1.29, 1.82) is 0 Å². The van der Waals surface area contributed by atoms with Crippen molar-refractivity contribution in [2.75, 3.05) is 0 Å². The van der Waals surface area contributed by atoms with Gasteiger partial charge >= 0.3 is 6.36 Å². The Bertz CT molecular complexity index is 491. The lowest BCUT2D eigenvalue weighted by Gasteiger charge is -2.12. The lowest BCUT2D eigenvalue weighted by Crippen LogP contribution is -2.20. The highest BCUT2D eigenvalue weighted by molar-refractivity contribution is 5.44. The maximum absolute atomic E-state index is 12.5. The number of hydrogen-bond donors (Lipinski definition) is 1. The third-order valence-electron chi connectivity index (χ3n) is 1.87. The molecule has 0 atom stereocenters. The lowest BCUT2D eigenvalue weighted by molar-refractivity contribution is -0.386. The Labute approximate surface area is 101 Å². The van der Waals surface area contributed by atoms with Gasteiger partial charge in [0.2, 0.25) is 5.88 Å². The van der Waals surface area contributed by atoms with Gasteiger partial charge in [0.15, 0.2) is 0 Å². The summed E-state index contributed by atoms with van der Waals surface area (Å²) >= 11 is 0. The number of ether oxygens (including phenoxy) is 1. The van der Waals surface area contributed by atoms with Gasteiger partial charge in [0.1, 0.15) is 5.69 Å². The van der Waals surface area contributed by atoms with E-state index in [2.05, 4.69) is 9.72 Å². The van der Waals surface area contributed by atoms with E-state index >= 15 is 0 Å². The van der Waals surface area contributed by atoms with Crippen LogP contribution < -0.4 is 4.74 Å². The molecule has 11 heteroatoms. The second-order valence-electron chi connectivity index (χ2n) is 3.11. The molecule has 0 aliphatic rings. The summed E-state index contributed by atoms with van der Waals surface area (Å²) in [6.07, 6.45) is -8.75. The summed E-state index contributed by atoms with van der Waals surface area (Å²) in [5, 5.41) is 19.2. The number of alkyl halides is 5. The van der Waals surface area contributed by atoms with Crippen LogP contribution in [-0.2, 0) is 6.61 Å². The fourth-order valence-electron chi connectivity index (χ4n) is 1.16. The molecule has 19 heavy (non-hydrogen) atoms. The van der Waals surface area contributed by atoms with Crippen LogP contribution in [0.5, 0.6) is 5.88 Å². The summed E-state index contributed by atoms with van der Waals surface area (Å²) in [4.78, 5) is 12.3. The molecule has 0 spiro atoms. The zero-order valence-corrected chi connectivity index (χ0v) is 8.82. The second-order valence-corrected chi connectivity index (χ2v) is 3.11. The van der Waals surface area contributed by atoms with Gasteiger partial charge in [-0.1, -0.05) is 0 Å². The van der Waals surface area contributed by atoms with E-state index in [-0.39, 0.29) is 6.07 Å². The third kappa shape index (κ3) is 3.71. The van der Waals surface area contributed by atoms with Crippen LogP contribution in [0.15, 0.2) is 6.07 Å². The van der Waals surface area contributed by atoms with Crippen molar-refractivity contribution >= 4 is 5.69 Å². The minimum absolute atomic E-state index is 0.185. The predicted molar refractivity (Wildman–Crippen MR) is 48.5 cm³/mol. The van der Waals surface area contributed by atoms with Crippen LogP contribution >= 0.6 is 0 Å². The monoisotopic (exact) mass is 288 g/mol. The van der Waals surface area contributed by atoms with Crippen molar-refractivity contribution < 1.29 is 36.7 Å². The molecule has 0 amide bonds. The van der Waals surface area contributed by atoms with Crippen molar-refractivity contribution in [3.05, 3.63) is 27.4 Å². The lowest BCUT2D eigenvalue weighted by atomic mass is 10.2. The molecule has 0 fully saturated rings. The van der Waals surface area contributed by atoms with Gasteiger partial charge in [0, 0.05) is 6.07 Å². The molecule has 0 radical (unpaired) electrons. The first kappa shape index (κ1) is 15.0. The Morgan fingerprint density at radius 2 is 2.05 bits per heavy atom. The molecular weight excluding hydrogens is 283 g/mol. The van der Waals surface area contributed by atoms with E-state index < -0.39 is 47.1 Å². The smallest absolute Gasteiger partial charge is 0.390 e. The van der Waals surface area contributed by atoms with Crippen LogP contribution in [0.25, 0.3) is 0 Å².